The van der Waals surface area contributed by atoms with E-state index in [1.54, 1.807) is 7.11 Å². The number of alkyl halides is 2. The first-order valence-corrected chi connectivity index (χ1v) is 14.1. The molecule has 34 heavy (non-hydrogen) atoms. The lowest BCUT2D eigenvalue weighted by molar-refractivity contribution is 0.0657. The van der Waals surface area contributed by atoms with Gasteiger partial charge in [-0.15, -0.1) is 23.2 Å². The Morgan fingerprint density at radius 2 is 2.09 bits per heavy atom. The van der Waals surface area contributed by atoms with Gasteiger partial charge in [0, 0.05) is 43.4 Å². The highest BCUT2D eigenvalue weighted by atomic mass is 35.5. The van der Waals surface area contributed by atoms with Crippen LogP contribution in [0.1, 0.15) is 24.0 Å². The largest absolute Gasteiger partial charge is 0.493 e. The second-order valence-electron chi connectivity index (χ2n) is 8.86. The summed E-state index contributed by atoms with van der Waals surface area (Å²) in [6.45, 7) is 1.95. The first kappa shape index (κ1) is 26.2. The van der Waals surface area contributed by atoms with Crippen molar-refractivity contribution in [1.82, 2.24) is 9.57 Å². The van der Waals surface area contributed by atoms with Gasteiger partial charge in [0.25, 0.3) is 0 Å². The van der Waals surface area contributed by atoms with Crippen LogP contribution in [-0.2, 0) is 25.6 Å². The van der Waals surface area contributed by atoms with E-state index < -0.39 is 13.9 Å². The van der Waals surface area contributed by atoms with Crippen molar-refractivity contribution >= 4 is 30.9 Å². The molecule has 0 saturated carbocycles. The van der Waals surface area contributed by atoms with Gasteiger partial charge < -0.3 is 19.5 Å². The normalized spacial score (nSPS) is 27.6. The molecule has 0 amide bonds. The maximum absolute atomic E-state index is 13.8. The predicted molar refractivity (Wildman–Crippen MR) is 132 cm³/mol. The summed E-state index contributed by atoms with van der Waals surface area (Å²) in [4.78, 5) is 2.32. The zero-order chi connectivity index (χ0) is 24.3. The molecule has 2 aliphatic heterocycles. The minimum Gasteiger partial charge on any atom is -0.493 e. The SMILES string of the molecule is COc1ccc2c3c1O[C@@H]1CC(OP(=O)(OCCO)N(CCCl)CCCl)C=C[C@]31CCN(C)C2. The Morgan fingerprint density at radius 1 is 1.32 bits per heavy atom. The number of nitrogens with zero attached hydrogens (tertiary/aromatic N) is 2. The van der Waals surface area contributed by atoms with Gasteiger partial charge in [-0.2, -0.15) is 0 Å². The van der Waals surface area contributed by atoms with Crippen molar-refractivity contribution in [3.8, 4) is 11.5 Å². The van der Waals surface area contributed by atoms with Crippen LogP contribution in [0.15, 0.2) is 24.3 Å². The average molecular weight is 535 g/mol. The number of aliphatic hydroxyl groups is 1. The predicted octanol–water partition coefficient (Wildman–Crippen LogP) is 3.77. The van der Waals surface area contributed by atoms with Crippen molar-refractivity contribution in [3.63, 3.8) is 0 Å². The van der Waals surface area contributed by atoms with E-state index in [4.69, 9.17) is 41.7 Å². The van der Waals surface area contributed by atoms with Crippen molar-refractivity contribution in [2.24, 2.45) is 0 Å². The van der Waals surface area contributed by atoms with Crippen LogP contribution in [0.2, 0.25) is 0 Å². The Kier molecular flexibility index (Phi) is 8.53. The van der Waals surface area contributed by atoms with Crippen LogP contribution in [0.3, 0.4) is 0 Å². The fourth-order valence-corrected chi connectivity index (χ4v) is 7.70. The van der Waals surface area contributed by atoms with Gasteiger partial charge in [-0.05, 0) is 31.6 Å². The molecule has 8 nitrogen and oxygen atoms in total. The van der Waals surface area contributed by atoms with Crippen molar-refractivity contribution < 1.29 is 28.2 Å². The van der Waals surface area contributed by atoms with E-state index in [1.807, 2.05) is 12.1 Å². The Bertz CT molecular complexity index is 944. The highest BCUT2D eigenvalue weighted by molar-refractivity contribution is 7.51. The van der Waals surface area contributed by atoms with Crippen molar-refractivity contribution in [2.75, 3.05) is 58.8 Å². The molecule has 3 aliphatic rings. The highest BCUT2D eigenvalue weighted by Gasteiger charge is 2.53. The molecular weight excluding hydrogens is 502 g/mol. The fourth-order valence-electron chi connectivity index (χ4n) is 5.20. The summed E-state index contributed by atoms with van der Waals surface area (Å²) in [7, 11) is 0.0228. The Morgan fingerprint density at radius 3 is 2.76 bits per heavy atom. The van der Waals surface area contributed by atoms with E-state index in [-0.39, 0.29) is 49.6 Å². The maximum Gasteiger partial charge on any atom is 0.408 e. The van der Waals surface area contributed by atoms with Crippen LogP contribution >= 0.6 is 30.9 Å². The molecule has 4 atom stereocenters. The zero-order valence-electron chi connectivity index (χ0n) is 19.6. The second-order valence-corrected chi connectivity index (χ2v) is 11.6. The Hall–Kier alpha value is -0.830. The van der Waals surface area contributed by atoms with Gasteiger partial charge in [-0.25, -0.2) is 9.24 Å². The van der Waals surface area contributed by atoms with E-state index >= 15 is 0 Å². The molecular formula is C23H33Cl2N2O6P. The number of benzene rings is 1. The molecule has 0 aromatic heterocycles. The molecule has 11 heteroatoms. The van der Waals surface area contributed by atoms with E-state index in [2.05, 4.69) is 24.1 Å². The molecule has 0 radical (unpaired) electrons. The summed E-state index contributed by atoms with van der Waals surface area (Å²) >= 11 is 11.9. The molecule has 1 aromatic rings. The molecule has 2 heterocycles. The minimum atomic E-state index is -3.75. The third-order valence-corrected chi connectivity index (χ3v) is 9.25. The molecule has 1 aliphatic carbocycles. The van der Waals surface area contributed by atoms with Gasteiger partial charge in [-0.3, -0.25) is 9.05 Å². The molecule has 1 aromatic carbocycles. The molecule has 1 N–H and O–H groups in total. The molecule has 4 rings (SSSR count). The standard InChI is InChI=1S/C23H33Cl2N2O6P/c1-26-10-7-23-6-5-18(33-34(29,31-14-13-28)27(11-8-24)12-9-25)15-20(23)32-22-19(30-2)4-3-17(16-26)21(22)23/h3-6,18,20,28H,7-16H2,1-2H3/t18?,20-,23-,34?/m1/s1. The van der Waals surface area contributed by atoms with Gasteiger partial charge in [-0.1, -0.05) is 18.2 Å². The van der Waals surface area contributed by atoms with Crippen LogP contribution in [0.5, 0.6) is 11.5 Å². The lowest BCUT2D eigenvalue weighted by Gasteiger charge is -2.38. The highest BCUT2D eigenvalue weighted by Crippen LogP contribution is 2.58. The van der Waals surface area contributed by atoms with Crippen LogP contribution in [0.4, 0.5) is 0 Å². The monoisotopic (exact) mass is 534 g/mol. The number of halogens is 2. The van der Waals surface area contributed by atoms with Crippen LogP contribution in [0.25, 0.3) is 0 Å². The maximum atomic E-state index is 13.8. The number of hydrogen-bond acceptors (Lipinski definition) is 7. The molecule has 2 unspecified atom stereocenters. The van der Waals surface area contributed by atoms with E-state index in [1.165, 1.54) is 15.8 Å². The molecule has 0 bridgehead atoms. The lowest BCUT2D eigenvalue weighted by atomic mass is 9.69. The first-order chi connectivity index (χ1) is 16.4. The first-order valence-electron chi connectivity index (χ1n) is 11.6. The number of aliphatic hydroxyl groups excluding tert-OH is 1. The summed E-state index contributed by atoms with van der Waals surface area (Å²) in [5, 5.41) is 9.27. The molecule has 1 spiro atoms. The summed E-state index contributed by atoms with van der Waals surface area (Å²) in [6, 6.07) is 4.08. The quantitative estimate of drug-likeness (QED) is 0.261. The smallest absolute Gasteiger partial charge is 0.408 e. The number of methoxy groups -OCH3 is 1. The number of rotatable bonds is 11. The second kappa shape index (κ2) is 11.1. The summed E-state index contributed by atoms with van der Waals surface area (Å²) in [6.07, 6.45) is 4.83. The van der Waals surface area contributed by atoms with E-state index in [9.17, 15) is 9.67 Å². The zero-order valence-corrected chi connectivity index (χ0v) is 22.0. The Labute approximate surface area is 211 Å². The van der Waals surface area contributed by atoms with Gasteiger partial charge in [0.05, 0.1) is 31.8 Å². The lowest BCUT2D eigenvalue weighted by Crippen LogP contribution is -2.43. The van der Waals surface area contributed by atoms with Gasteiger partial charge >= 0.3 is 7.75 Å². The van der Waals surface area contributed by atoms with Gasteiger partial charge in [0.1, 0.15) is 6.10 Å². The van der Waals surface area contributed by atoms with Gasteiger partial charge in [0.15, 0.2) is 11.5 Å². The van der Waals surface area contributed by atoms with E-state index in [0.29, 0.717) is 6.42 Å². The van der Waals surface area contributed by atoms with Crippen LogP contribution in [0, 0.1) is 0 Å². The van der Waals surface area contributed by atoms with Crippen molar-refractivity contribution in [3.05, 3.63) is 35.4 Å². The molecule has 0 saturated heterocycles. The van der Waals surface area contributed by atoms with Crippen LogP contribution in [-0.4, -0.2) is 85.7 Å². The summed E-state index contributed by atoms with van der Waals surface area (Å²) in [5.41, 5.74) is 2.11. The Balaban J connectivity index is 1.65. The van der Waals surface area contributed by atoms with Crippen molar-refractivity contribution in [2.45, 2.75) is 37.0 Å². The minimum absolute atomic E-state index is 0.114. The third-order valence-electron chi connectivity index (χ3n) is 6.78. The number of hydrogen-bond donors (Lipinski definition) is 1. The summed E-state index contributed by atoms with van der Waals surface area (Å²) < 4.78 is 39.2. The summed E-state index contributed by atoms with van der Waals surface area (Å²) in [5.74, 6) is 1.99. The van der Waals surface area contributed by atoms with Crippen molar-refractivity contribution in [1.29, 1.82) is 0 Å². The van der Waals surface area contributed by atoms with E-state index in [0.717, 1.165) is 31.0 Å². The fraction of sp³-hybridized carbons (Fsp3) is 0.652. The molecule has 0 fully saturated rings. The number of ether oxygens (including phenoxy) is 2. The third kappa shape index (κ3) is 4.89. The van der Waals surface area contributed by atoms with Gasteiger partial charge in [0.2, 0.25) is 0 Å². The molecule has 190 valence electrons. The van der Waals surface area contributed by atoms with Crippen LogP contribution < -0.4 is 9.47 Å². The average Bonchev–Trinajstić information content (AvgIpc) is 3.08. The topological polar surface area (TPSA) is 80.7 Å².